The van der Waals surface area contributed by atoms with Crippen LogP contribution in [0.4, 0.5) is 5.69 Å². The van der Waals surface area contributed by atoms with Crippen LogP contribution in [-0.4, -0.2) is 17.5 Å². The van der Waals surface area contributed by atoms with Crippen molar-refractivity contribution in [3.63, 3.8) is 0 Å². The number of carbonyl (C=O) groups excluding carboxylic acids is 1. The molecule has 0 saturated carbocycles. The Balaban J connectivity index is 2.50. The lowest BCUT2D eigenvalue weighted by atomic mass is 10.0. The minimum absolute atomic E-state index is 0.166. The summed E-state index contributed by atoms with van der Waals surface area (Å²) in [5.41, 5.74) is 5.32. The Bertz CT molecular complexity index is 790. The number of benzene rings is 1. The Hall–Kier alpha value is -2.62. The summed E-state index contributed by atoms with van der Waals surface area (Å²) in [5.74, 6) is 0.399. The van der Waals surface area contributed by atoms with Gasteiger partial charge in [0.05, 0.1) is 5.69 Å². The van der Waals surface area contributed by atoms with Crippen molar-refractivity contribution >= 4 is 11.6 Å². The van der Waals surface area contributed by atoms with Crippen molar-refractivity contribution in [1.82, 2.24) is 4.98 Å². The first kappa shape index (κ1) is 20.7. The third kappa shape index (κ3) is 4.97. The molecule has 2 rings (SSSR count). The van der Waals surface area contributed by atoms with Gasteiger partial charge in [-0.05, 0) is 37.3 Å². The molecule has 0 spiro atoms. The molecule has 4 heteroatoms. The molecule has 0 saturated heterocycles. The Labute approximate surface area is 162 Å². The summed E-state index contributed by atoms with van der Waals surface area (Å²) in [4.78, 5) is 17.9. The predicted octanol–water partition coefficient (Wildman–Crippen LogP) is 5.28. The number of pyridine rings is 1. The minimum Gasteiger partial charge on any atom is -0.489 e. The lowest BCUT2D eigenvalue weighted by molar-refractivity contribution is 0.102. The number of hydrogen-bond acceptors (Lipinski definition) is 3. The number of anilines is 1. The quantitative estimate of drug-likeness (QED) is 0.614. The summed E-state index contributed by atoms with van der Waals surface area (Å²) in [7, 11) is 0. The fraction of sp³-hybridized carbons (Fsp3) is 0.391. The number of amides is 1. The van der Waals surface area contributed by atoms with Gasteiger partial charge in [0.2, 0.25) is 0 Å². The van der Waals surface area contributed by atoms with Gasteiger partial charge in [-0.3, -0.25) is 9.78 Å². The number of ether oxygens (including phenoxy) is 1. The van der Waals surface area contributed by atoms with Gasteiger partial charge in [0, 0.05) is 17.4 Å². The average Bonchev–Trinajstić information content (AvgIpc) is 2.66. The van der Waals surface area contributed by atoms with E-state index in [0.29, 0.717) is 17.9 Å². The van der Waals surface area contributed by atoms with E-state index in [0.717, 1.165) is 53.9 Å². The number of nitrogens with one attached hydrogen (secondary N) is 1. The van der Waals surface area contributed by atoms with Crippen LogP contribution >= 0.6 is 0 Å². The van der Waals surface area contributed by atoms with Gasteiger partial charge in [-0.2, -0.15) is 0 Å². The minimum atomic E-state index is -0.166. The summed E-state index contributed by atoms with van der Waals surface area (Å²) >= 11 is 0. The van der Waals surface area contributed by atoms with Crippen LogP contribution in [0.1, 0.15) is 60.1 Å². The summed E-state index contributed by atoms with van der Waals surface area (Å²) in [6.45, 7) is 12.2. The van der Waals surface area contributed by atoms with E-state index in [9.17, 15) is 4.79 Å². The number of para-hydroxylation sites is 1. The van der Waals surface area contributed by atoms with Crippen molar-refractivity contribution in [3.05, 3.63) is 65.0 Å². The van der Waals surface area contributed by atoms with Crippen LogP contribution in [0.2, 0.25) is 0 Å². The number of aromatic nitrogens is 1. The highest BCUT2D eigenvalue weighted by Gasteiger charge is 2.21. The van der Waals surface area contributed by atoms with Crippen LogP contribution in [0.25, 0.3) is 0 Å². The van der Waals surface area contributed by atoms with Crippen molar-refractivity contribution in [2.45, 2.75) is 53.4 Å². The molecule has 0 fully saturated rings. The molecule has 144 valence electrons. The molecular weight excluding hydrogens is 336 g/mol. The molecule has 0 aliphatic heterocycles. The van der Waals surface area contributed by atoms with Gasteiger partial charge < -0.3 is 10.1 Å². The van der Waals surface area contributed by atoms with Gasteiger partial charge in [-0.15, -0.1) is 0 Å². The molecule has 1 amide bonds. The summed E-state index contributed by atoms with van der Waals surface area (Å²) in [6.07, 6.45) is 5.03. The molecule has 0 bridgehead atoms. The van der Waals surface area contributed by atoms with Crippen LogP contribution in [0.3, 0.4) is 0 Å². The van der Waals surface area contributed by atoms with E-state index in [1.807, 2.05) is 19.1 Å². The van der Waals surface area contributed by atoms with Crippen molar-refractivity contribution < 1.29 is 9.53 Å². The first-order valence-corrected chi connectivity index (χ1v) is 9.71. The lowest BCUT2D eigenvalue weighted by Gasteiger charge is -2.18. The molecule has 4 nitrogen and oxygen atoms in total. The highest BCUT2D eigenvalue weighted by Crippen LogP contribution is 2.28. The summed E-state index contributed by atoms with van der Waals surface area (Å²) in [5, 5.41) is 3.15. The largest absolute Gasteiger partial charge is 0.489 e. The van der Waals surface area contributed by atoms with E-state index >= 15 is 0 Å². The molecule has 2 aromatic rings. The molecule has 0 atom stereocenters. The van der Waals surface area contributed by atoms with Crippen molar-refractivity contribution in [2.24, 2.45) is 0 Å². The predicted molar refractivity (Wildman–Crippen MR) is 112 cm³/mol. The van der Waals surface area contributed by atoms with Crippen molar-refractivity contribution in [1.29, 1.82) is 0 Å². The second-order valence-electron chi connectivity index (χ2n) is 6.55. The van der Waals surface area contributed by atoms with Crippen molar-refractivity contribution in [3.8, 4) is 5.75 Å². The maximum atomic E-state index is 13.3. The number of aryl methyl sites for hydroxylation is 4. The van der Waals surface area contributed by atoms with Gasteiger partial charge in [-0.1, -0.05) is 58.0 Å². The summed E-state index contributed by atoms with van der Waals surface area (Å²) in [6, 6.07) is 7.99. The zero-order valence-electron chi connectivity index (χ0n) is 16.9. The van der Waals surface area contributed by atoms with Crippen LogP contribution in [0.5, 0.6) is 5.75 Å². The molecule has 27 heavy (non-hydrogen) atoms. The van der Waals surface area contributed by atoms with Crippen LogP contribution < -0.4 is 10.1 Å². The third-order valence-corrected chi connectivity index (χ3v) is 4.49. The van der Waals surface area contributed by atoms with Crippen LogP contribution in [0, 0.1) is 6.92 Å². The number of hydrogen-bond donors (Lipinski definition) is 1. The molecule has 1 aromatic heterocycles. The number of carbonyl (C=O) groups is 1. The molecule has 0 aliphatic carbocycles. The van der Waals surface area contributed by atoms with E-state index in [1.54, 1.807) is 6.08 Å². The van der Waals surface area contributed by atoms with Crippen LogP contribution in [-0.2, 0) is 19.3 Å². The average molecular weight is 367 g/mol. The SMILES string of the molecule is C=CCOc1cc(C)nc(CCC)c1C(=O)Nc1c(CC)cccc1CC. The second-order valence-corrected chi connectivity index (χ2v) is 6.55. The van der Waals surface area contributed by atoms with E-state index in [-0.39, 0.29) is 5.91 Å². The molecular formula is C23H30N2O2. The standard InChI is InChI=1S/C23H30N2O2/c1-6-11-19-21(20(27-14-7-2)15-16(5)24-19)23(26)25-22-17(8-3)12-10-13-18(22)9-4/h7,10,12-13,15H,2,6,8-9,11,14H2,1,3-5H3,(H,25,26). The van der Waals surface area contributed by atoms with E-state index in [4.69, 9.17) is 4.74 Å². The smallest absolute Gasteiger partial charge is 0.261 e. The number of rotatable bonds is 9. The second kappa shape index (κ2) is 9.91. The zero-order chi connectivity index (χ0) is 19.8. The fourth-order valence-electron chi connectivity index (χ4n) is 3.21. The zero-order valence-corrected chi connectivity index (χ0v) is 16.9. The molecule has 0 unspecified atom stereocenters. The molecule has 1 aromatic carbocycles. The lowest BCUT2D eigenvalue weighted by Crippen LogP contribution is -2.19. The monoisotopic (exact) mass is 366 g/mol. The van der Waals surface area contributed by atoms with Gasteiger partial charge >= 0.3 is 0 Å². The van der Waals surface area contributed by atoms with Gasteiger partial charge in [0.1, 0.15) is 17.9 Å². The van der Waals surface area contributed by atoms with Crippen LogP contribution in [0.15, 0.2) is 36.9 Å². The van der Waals surface area contributed by atoms with E-state index < -0.39 is 0 Å². The third-order valence-electron chi connectivity index (χ3n) is 4.49. The Morgan fingerprint density at radius 2 is 1.89 bits per heavy atom. The van der Waals surface area contributed by atoms with E-state index in [2.05, 4.69) is 49.8 Å². The molecule has 0 aliphatic rings. The summed E-state index contributed by atoms with van der Waals surface area (Å²) < 4.78 is 5.81. The van der Waals surface area contributed by atoms with Gasteiger partial charge in [-0.25, -0.2) is 0 Å². The topological polar surface area (TPSA) is 51.2 Å². The normalized spacial score (nSPS) is 10.5. The van der Waals surface area contributed by atoms with Gasteiger partial charge in [0.15, 0.2) is 0 Å². The maximum Gasteiger partial charge on any atom is 0.261 e. The molecule has 0 radical (unpaired) electrons. The fourth-order valence-corrected chi connectivity index (χ4v) is 3.21. The first-order chi connectivity index (χ1) is 13.0. The Morgan fingerprint density at radius 1 is 1.22 bits per heavy atom. The number of nitrogens with zero attached hydrogens (tertiary/aromatic N) is 1. The molecule has 1 heterocycles. The molecule has 1 N–H and O–H groups in total. The van der Waals surface area contributed by atoms with Gasteiger partial charge in [0.25, 0.3) is 5.91 Å². The maximum absolute atomic E-state index is 13.3. The Morgan fingerprint density at radius 3 is 2.44 bits per heavy atom. The van der Waals surface area contributed by atoms with Crippen molar-refractivity contribution in [2.75, 3.05) is 11.9 Å². The van der Waals surface area contributed by atoms with E-state index in [1.165, 1.54) is 0 Å². The highest BCUT2D eigenvalue weighted by atomic mass is 16.5. The first-order valence-electron chi connectivity index (χ1n) is 9.71. The highest BCUT2D eigenvalue weighted by molar-refractivity contribution is 6.07. The Kier molecular flexibility index (Phi) is 7.59.